The van der Waals surface area contributed by atoms with E-state index < -0.39 is 28.5 Å². The smallest absolute Gasteiger partial charge is 0.264 e. The number of ether oxygens (including phenoxy) is 1. The van der Waals surface area contributed by atoms with Gasteiger partial charge in [0, 0.05) is 18.1 Å². The van der Waals surface area contributed by atoms with Crippen molar-refractivity contribution in [1.29, 1.82) is 0 Å². The van der Waals surface area contributed by atoms with E-state index in [-0.39, 0.29) is 29.0 Å². The molecule has 0 spiro atoms. The number of carbonyl (C=O) groups excluding carboxylic acids is 2. The van der Waals surface area contributed by atoms with Crippen LogP contribution in [0.3, 0.4) is 0 Å². The fraction of sp³-hybridized carbons (Fsp3) is 0.310. The molecule has 0 unspecified atom stereocenters. The molecule has 41 heavy (non-hydrogen) atoms. The highest BCUT2D eigenvalue weighted by Gasteiger charge is 2.32. The van der Waals surface area contributed by atoms with E-state index in [1.54, 1.807) is 25.1 Å². The zero-order chi connectivity index (χ0) is 30.3. The first kappa shape index (κ1) is 32.5. The number of hydrogen-bond acceptors (Lipinski definition) is 5. The van der Waals surface area contributed by atoms with Crippen LogP contribution in [0.25, 0.3) is 0 Å². The molecule has 0 aromatic heterocycles. The molecule has 0 fully saturated rings. The average molecular weight is 641 g/mol. The molecule has 0 bridgehead atoms. The number of benzene rings is 3. The SMILES string of the molecule is COc1ccc(S(=O)(=O)N(CC(=O)N(Cc2ccc(Cl)c(Cl)c2)[C@H](C)C(=O)NCC(C)C)c2ccc(Cl)cc2)cc1. The summed E-state index contributed by atoms with van der Waals surface area (Å²) in [7, 11) is -2.75. The van der Waals surface area contributed by atoms with E-state index in [4.69, 9.17) is 39.5 Å². The zero-order valence-corrected chi connectivity index (χ0v) is 26.2. The summed E-state index contributed by atoms with van der Waals surface area (Å²) in [6.45, 7) is 5.33. The molecular weight excluding hydrogens is 609 g/mol. The van der Waals surface area contributed by atoms with Gasteiger partial charge in [0.05, 0.1) is 27.7 Å². The first-order valence-corrected chi connectivity index (χ1v) is 15.3. The lowest BCUT2D eigenvalue weighted by Crippen LogP contribution is -2.51. The van der Waals surface area contributed by atoms with Gasteiger partial charge in [-0.15, -0.1) is 0 Å². The summed E-state index contributed by atoms with van der Waals surface area (Å²) < 4.78 is 33.9. The van der Waals surface area contributed by atoms with Crippen molar-refractivity contribution in [2.75, 3.05) is 24.5 Å². The first-order valence-electron chi connectivity index (χ1n) is 12.8. The van der Waals surface area contributed by atoms with Gasteiger partial charge in [0.2, 0.25) is 11.8 Å². The maximum absolute atomic E-state index is 13.9. The molecule has 3 aromatic rings. The Morgan fingerprint density at radius 1 is 0.902 bits per heavy atom. The van der Waals surface area contributed by atoms with E-state index in [1.165, 1.54) is 60.5 Å². The number of hydrogen-bond donors (Lipinski definition) is 1. The predicted octanol–water partition coefficient (Wildman–Crippen LogP) is 6.04. The van der Waals surface area contributed by atoms with Crippen LogP contribution in [0.2, 0.25) is 15.1 Å². The Morgan fingerprint density at radius 2 is 1.54 bits per heavy atom. The number of amides is 2. The quantitative estimate of drug-likeness (QED) is 0.261. The topological polar surface area (TPSA) is 96.0 Å². The van der Waals surface area contributed by atoms with Crippen molar-refractivity contribution in [3.05, 3.63) is 87.4 Å². The van der Waals surface area contributed by atoms with Gasteiger partial charge in [0.1, 0.15) is 18.3 Å². The monoisotopic (exact) mass is 639 g/mol. The molecule has 0 heterocycles. The molecule has 1 N–H and O–H groups in total. The lowest BCUT2D eigenvalue weighted by molar-refractivity contribution is -0.139. The Balaban J connectivity index is 2.02. The number of carbonyl (C=O) groups is 2. The Bertz CT molecular complexity index is 1470. The minimum atomic E-state index is -4.23. The van der Waals surface area contributed by atoms with E-state index >= 15 is 0 Å². The second-order valence-corrected chi connectivity index (χ2v) is 12.9. The van der Waals surface area contributed by atoms with Gasteiger partial charge in [0.15, 0.2) is 0 Å². The third-order valence-electron chi connectivity index (χ3n) is 6.23. The van der Waals surface area contributed by atoms with Gasteiger partial charge in [0.25, 0.3) is 10.0 Å². The van der Waals surface area contributed by atoms with Crippen molar-refractivity contribution in [3.8, 4) is 5.75 Å². The van der Waals surface area contributed by atoms with E-state index in [1.807, 2.05) is 13.8 Å². The molecule has 1 atom stereocenters. The van der Waals surface area contributed by atoms with Crippen LogP contribution in [0.4, 0.5) is 5.69 Å². The zero-order valence-electron chi connectivity index (χ0n) is 23.1. The van der Waals surface area contributed by atoms with Crippen LogP contribution in [0.1, 0.15) is 26.3 Å². The molecule has 2 amide bonds. The largest absolute Gasteiger partial charge is 0.497 e. The van der Waals surface area contributed by atoms with Crippen molar-refractivity contribution >= 4 is 62.3 Å². The molecule has 0 saturated heterocycles. The molecule has 3 aromatic carbocycles. The molecule has 0 aliphatic carbocycles. The maximum Gasteiger partial charge on any atom is 0.264 e. The van der Waals surface area contributed by atoms with Crippen LogP contribution < -0.4 is 14.4 Å². The fourth-order valence-corrected chi connectivity index (χ4v) is 5.74. The van der Waals surface area contributed by atoms with Crippen molar-refractivity contribution in [2.24, 2.45) is 5.92 Å². The Morgan fingerprint density at radius 3 is 2.10 bits per heavy atom. The standard InChI is InChI=1S/C29H32Cl3N3O5S/c1-19(2)16-33-29(37)20(3)34(17-21-5-14-26(31)27(32)15-21)28(36)18-35(23-8-6-22(30)7-9-23)41(38,39)25-12-10-24(40-4)11-13-25/h5-15,19-20H,16-18H2,1-4H3,(H,33,37)/t20-/m1/s1. The number of rotatable bonds is 12. The third-order valence-corrected chi connectivity index (χ3v) is 9.01. The average Bonchev–Trinajstić information content (AvgIpc) is 2.95. The minimum Gasteiger partial charge on any atom is -0.497 e. The molecule has 0 saturated carbocycles. The lowest BCUT2D eigenvalue weighted by atomic mass is 10.1. The highest BCUT2D eigenvalue weighted by Crippen LogP contribution is 2.28. The van der Waals surface area contributed by atoms with Crippen LogP contribution in [-0.2, 0) is 26.2 Å². The molecule has 8 nitrogen and oxygen atoms in total. The summed E-state index contributed by atoms with van der Waals surface area (Å²) >= 11 is 18.3. The highest BCUT2D eigenvalue weighted by atomic mass is 35.5. The number of sulfonamides is 1. The Kier molecular flexibility index (Phi) is 11.3. The van der Waals surface area contributed by atoms with Crippen LogP contribution in [0.15, 0.2) is 71.6 Å². The van der Waals surface area contributed by atoms with Gasteiger partial charge in [-0.1, -0.05) is 54.7 Å². The van der Waals surface area contributed by atoms with Gasteiger partial charge < -0.3 is 15.0 Å². The summed E-state index contributed by atoms with van der Waals surface area (Å²) in [5.41, 5.74) is 0.845. The summed E-state index contributed by atoms with van der Waals surface area (Å²) in [5, 5.41) is 3.88. The summed E-state index contributed by atoms with van der Waals surface area (Å²) in [6, 6.07) is 15.9. The van der Waals surface area contributed by atoms with E-state index in [2.05, 4.69) is 5.32 Å². The molecular formula is C29H32Cl3N3O5S. The number of nitrogens with one attached hydrogen (secondary N) is 1. The Labute approximate surface area is 256 Å². The van der Waals surface area contributed by atoms with Gasteiger partial charge in [-0.05, 0) is 79.1 Å². The summed E-state index contributed by atoms with van der Waals surface area (Å²) in [5.74, 6) is -0.300. The summed E-state index contributed by atoms with van der Waals surface area (Å²) in [6.07, 6.45) is 0. The second-order valence-electron chi connectivity index (χ2n) is 9.75. The number of halogens is 3. The van der Waals surface area contributed by atoms with E-state index in [9.17, 15) is 18.0 Å². The van der Waals surface area contributed by atoms with Gasteiger partial charge in [-0.3, -0.25) is 13.9 Å². The minimum absolute atomic E-state index is 0.0109. The molecule has 0 aliphatic heterocycles. The van der Waals surface area contributed by atoms with E-state index in [0.717, 1.165) is 4.31 Å². The van der Waals surface area contributed by atoms with E-state index in [0.29, 0.717) is 32.9 Å². The van der Waals surface area contributed by atoms with Crippen LogP contribution in [-0.4, -0.2) is 51.4 Å². The van der Waals surface area contributed by atoms with Crippen molar-refractivity contribution in [3.63, 3.8) is 0 Å². The molecule has 3 rings (SSSR count). The highest BCUT2D eigenvalue weighted by molar-refractivity contribution is 7.92. The first-order chi connectivity index (χ1) is 19.3. The normalized spacial score (nSPS) is 12.1. The molecule has 12 heteroatoms. The maximum atomic E-state index is 13.9. The van der Waals surface area contributed by atoms with Crippen LogP contribution in [0, 0.1) is 5.92 Å². The molecule has 220 valence electrons. The number of methoxy groups -OCH3 is 1. The van der Waals surface area contributed by atoms with Crippen molar-refractivity contribution in [2.45, 2.75) is 38.3 Å². The summed E-state index contributed by atoms with van der Waals surface area (Å²) in [4.78, 5) is 28.3. The van der Waals surface area contributed by atoms with Gasteiger partial charge >= 0.3 is 0 Å². The predicted molar refractivity (Wildman–Crippen MR) is 163 cm³/mol. The van der Waals surface area contributed by atoms with Crippen molar-refractivity contribution in [1.82, 2.24) is 10.2 Å². The van der Waals surface area contributed by atoms with Crippen LogP contribution in [0.5, 0.6) is 5.75 Å². The third kappa shape index (κ3) is 8.52. The van der Waals surface area contributed by atoms with Gasteiger partial charge in [-0.2, -0.15) is 0 Å². The lowest BCUT2D eigenvalue weighted by Gasteiger charge is -2.32. The number of nitrogens with zero attached hydrogens (tertiary/aromatic N) is 2. The molecule has 0 aliphatic rings. The number of anilines is 1. The second kappa shape index (κ2) is 14.3. The van der Waals surface area contributed by atoms with Gasteiger partial charge in [-0.25, -0.2) is 8.42 Å². The molecule has 0 radical (unpaired) electrons. The Hall–Kier alpha value is -2.98. The van der Waals surface area contributed by atoms with Crippen molar-refractivity contribution < 1.29 is 22.7 Å². The fourth-order valence-electron chi connectivity index (χ4n) is 3.88. The van der Waals surface area contributed by atoms with Crippen LogP contribution >= 0.6 is 34.8 Å².